The van der Waals surface area contributed by atoms with Gasteiger partial charge in [0.1, 0.15) is 17.2 Å². The Morgan fingerprint density at radius 3 is 2.45 bits per heavy atom. The molecule has 0 aliphatic heterocycles. The molecule has 6 nitrogen and oxygen atoms in total. The van der Waals surface area contributed by atoms with Crippen molar-refractivity contribution in [2.75, 3.05) is 12.8 Å². The van der Waals surface area contributed by atoms with Gasteiger partial charge in [0.25, 0.3) is 5.69 Å². The van der Waals surface area contributed by atoms with Crippen molar-refractivity contribution in [1.29, 1.82) is 0 Å². The van der Waals surface area contributed by atoms with Gasteiger partial charge in [-0.2, -0.15) is 0 Å². The first-order chi connectivity index (χ1) is 9.49. The molecule has 2 rings (SSSR count). The summed E-state index contributed by atoms with van der Waals surface area (Å²) in [6.45, 7) is 1.85. The molecule has 0 bridgehead atoms. The number of nitro benzene ring substituents is 1. The molecule has 2 aromatic rings. The van der Waals surface area contributed by atoms with E-state index in [4.69, 9.17) is 15.2 Å². The number of hydrogen-bond acceptors (Lipinski definition) is 5. The van der Waals surface area contributed by atoms with E-state index in [0.717, 1.165) is 5.56 Å². The van der Waals surface area contributed by atoms with Gasteiger partial charge < -0.3 is 15.2 Å². The Morgan fingerprint density at radius 2 is 1.85 bits per heavy atom. The molecule has 0 fully saturated rings. The van der Waals surface area contributed by atoms with E-state index in [1.807, 2.05) is 6.92 Å². The molecular weight excluding hydrogens is 260 g/mol. The van der Waals surface area contributed by atoms with Crippen molar-refractivity contribution in [3.63, 3.8) is 0 Å². The number of nitrogens with zero attached hydrogens (tertiary/aromatic N) is 1. The van der Waals surface area contributed by atoms with Crippen molar-refractivity contribution in [2.45, 2.75) is 6.92 Å². The summed E-state index contributed by atoms with van der Waals surface area (Å²) in [6, 6.07) is 9.46. The van der Waals surface area contributed by atoms with Crippen LogP contribution in [0, 0.1) is 17.0 Å². The normalized spacial score (nSPS) is 10.1. The molecule has 2 N–H and O–H groups in total. The third-order valence-electron chi connectivity index (χ3n) is 2.74. The average Bonchev–Trinajstić information content (AvgIpc) is 2.41. The second-order valence-electron chi connectivity index (χ2n) is 4.25. The molecule has 0 radical (unpaired) electrons. The van der Waals surface area contributed by atoms with Gasteiger partial charge >= 0.3 is 0 Å². The highest BCUT2D eigenvalue weighted by Gasteiger charge is 2.12. The van der Waals surface area contributed by atoms with E-state index in [-0.39, 0.29) is 5.69 Å². The van der Waals surface area contributed by atoms with E-state index < -0.39 is 4.92 Å². The first-order valence-electron chi connectivity index (χ1n) is 5.87. The molecule has 2 aromatic carbocycles. The number of anilines is 1. The van der Waals surface area contributed by atoms with E-state index in [1.54, 1.807) is 24.3 Å². The van der Waals surface area contributed by atoms with Crippen molar-refractivity contribution in [2.24, 2.45) is 0 Å². The smallest absolute Gasteiger partial charge is 0.276 e. The standard InChI is InChI=1S/C14H14N2O4/c1-9-5-10(15)3-4-14(9)20-13-7-11(16(17)18)6-12(8-13)19-2/h3-8H,15H2,1-2H3. The highest BCUT2D eigenvalue weighted by Crippen LogP contribution is 2.32. The van der Waals surface area contributed by atoms with Crippen molar-refractivity contribution in [3.8, 4) is 17.2 Å². The Morgan fingerprint density at radius 1 is 1.15 bits per heavy atom. The summed E-state index contributed by atoms with van der Waals surface area (Å²) < 4.78 is 10.7. The highest BCUT2D eigenvalue weighted by molar-refractivity contribution is 5.51. The van der Waals surface area contributed by atoms with Crippen LogP contribution in [0.25, 0.3) is 0 Å². The number of aryl methyl sites for hydroxylation is 1. The van der Waals surface area contributed by atoms with E-state index >= 15 is 0 Å². The third-order valence-corrected chi connectivity index (χ3v) is 2.74. The number of benzene rings is 2. The van der Waals surface area contributed by atoms with Gasteiger partial charge in [0.15, 0.2) is 0 Å². The van der Waals surface area contributed by atoms with Gasteiger partial charge in [0, 0.05) is 11.8 Å². The number of nitrogen functional groups attached to an aromatic ring is 1. The number of rotatable bonds is 4. The van der Waals surface area contributed by atoms with Crippen LogP contribution in [0.3, 0.4) is 0 Å². The largest absolute Gasteiger partial charge is 0.496 e. The fraction of sp³-hybridized carbons (Fsp3) is 0.143. The number of ether oxygens (including phenoxy) is 2. The SMILES string of the molecule is COc1cc(Oc2ccc(N)cc2C)cc([N+](=O)[O-])c1. The zero-order valence-corrected chi connectivity index (χ0v) is 11.1. The average molecular weight is 274 g/mol. The number of methoxy groups -OCH3 is 1. The molecule has 0 aliphatic rings. The Balaban J connectivity index is 2.37. The minimum atomic E-state index is -0.495. The molecule has 0 saturated carbocycles. The fourth-order valence-corrected chi connectivity index (χ4v) is 1.75. The molecule has 0 atom stereocenters. The highest BCUT2D eigenvalue weighted by atomic mass is 16.6. The molecule has 6 heteroatoms. The number of nitro groups is 1. The first-order valence-corrected chi connectivity index (χ1v) is 5.87. The second kappa shape index (κ2) is 5.48. The van der Waals surface area contributed by atoms with Gasteiger partial charge in [-0.25, -0.2) is 0 Å². The molecule has 0 heterocycles. The quantitative estimate of drug-likeness (QED) is 0.525. The third kappa shape index (κ3) is 2.97. The lowest BCUT2D eigenvalue weighted by atomic mass is 10.2. The van der Waals surface area contributed by atoms with Crippen molar-refractivity contribution in [3.05, 3.63) is 52.1 Å². The molecule has 0 spiro atoms. The van der Waals surface area contributed by atoms with Crippen LogP contribution in [-0.4, -0.2) is 12.0 Å². The second-order valence-corrected chi connectivity index (χ2v) is 4.25. The molecule has 104 valence electrons. The molecule has 20 heavy (non-hydrogen) atoms. The van der Waals surface area contributed by atoms with Gasteiger partial charge in [-0.15, -0.1) is 0 Å². The van der Waals surface area contributed by atoms with Crippen LogP contribution in [0.2, 0.25) is 0 Å². The van der Waals surface area contributed by atoms with Crippen LogP contribution in [0.4, 0.5) is 11.4 Å². The summed E-state index contributed by atoms with van der Waals surface area (Å²) in [6.07, 6.45) is 0. The van der Waals surface area contributed by atoms with Crippen molar-refractivity contribution < 1.29 is 14.4 Å². The Hall–Kier alpha value is -2.76. The lowest BCUT2D eigenvalue weighted by Crippen LogP contribution is -1.94. The van der Waals surface area contributed by atoms with Gasteiger partial charge in [-0.3, -0.25) is 10.1 Å². The van der Waals surface area contributed by atoms with Crippen molar-refractivity contribution >= 4 is 11.4 Å². The lowest BCUT2D eigenvalue weighted by molar-refractivity contribution is -0.385. The summed E-state index contributed by atoms with van der Waals surface area (Å²) in [7, 11) is 1.44. The fourth-order valence-electron chi connectivity index (χ4n) is 1.75. The van der Waals surface area contributed by atoms with E-state index in [1.165, 1.54) is 19.2 Å². The first kappa shape index (κ1) is 13.7. The van der Waals surface area contributed by atoms with E-state index in [2.05, 4.69) is 0 Å². The van der Waals surface area contributed by atoms with Gasteiger partial charge in [-0.1, -0.05) is 0 Å². The van der Waals surface area contributed by atoms with Crippen LogP contribution in [0.15, 0.2) is 36.4 Å². The zero-order chi connectivity index (χ0) is 14.7. The van der Waals surface area contributed by atoms with Crippen LogP contribution < -0.4 is 15.2 Å². The molecule has 0 aromatic heterocycles. The zero-order valence-electron chi connectivity index (χ0n) is 11.1. The lowest BCUT2D eigenvalue weighted by Gasteiger charge is -2.10. The summed E-state index contributed by atoms with van der Waals surface area (Å²) in [4.78, 5) is 10.4. The maximum absolute atomic E-state index is 10.9. The minimum Gasteiger partial charge on any atom is -0.496 e. The predicted molar refractivity (Wildman–Crippen MR) is 75.3 cm³/mol. The van der Waals surface area contributed by atoms with Gasteiger partial charge in [0.05, 0.1) is 24.2 Å². The maximum Gasteiger partial charge on any atom is 0.276 e. The van der Waals surface area contributed by atoms with E-state index in [9.17, 15) is 10.1 Å². The maximum atomic E-state index is 10.9. The molecule has 0 aliphatic carbocycles. The van der Waals surface area contributed by atoms with E-state index in [0.29, 0.717) is 22.9 Å². The number of hydrogen-bond donors (Lipinski definition) is 1. The predicted octanol–water partition coefficient (Wildman–Crippen LogP) is 3.29. The van der Waals surface area contributed by atoms with Crippen LogP contribution in [0.1, 0.15) is 5.56 Å². The van der Waals surface area contributed by atoms with Crippen molar-refractivity contribution in [1.82, 2.24) is 0 Å². The Kier molecular flexibility index (Phi) is 3.74. The molecule has 0 unspecified atom stereocenters. The molecule has 0 amide bonds. The minimum absolute atomic E-state index is 0.0903. The summed E-state index contributed by atoms with van der Waals surface area (Å²) >= 11 is 0. The summed E-state index contributed by atoms with van der Waals surface area (Å²) in [5.74, 6) is 1.29. The van der Waals surface area contributed by atoms with Crippen LogP contribution >= 0.6 is 0 Å². The molecular formula is C14H14N2O4. The van der Waals surface area contributed by atoms with Crippen LogP contribution in [0.5, 0.6) is 17.2 Å². The Labute approximate surface area is 115 Å². The topological polar surface area (TPSA) is 87.6 Å². The van der Waals surface area contributed by atoms with Gasteiger partial charge in [-0.05, 0) is 30.7 Å². The van der Waals surface area contributed by atoms with Crippen LogP contribution in [-0.2, 0) is 0 Å². The van der Waals surface area contributed by atoms with Gasteiger partial charge in [0.2, 0.25) is 0 Å². The summed E-state index contributed by atoms with van der Waals surface area (Å²) in [5, 5.41) is 10.9. The monoisotopic (exact) mass is 274 g/mol. The number of nitrogens with two attached hydrogens (primary N) is 1. The Bertz CT molecular complexity index is 656. The molecule has 0 saturated heterocycles. The summed E-state index contributed by atoms with van der Waals surface area (Å²) in [5.41, 5.74) is 7.05. The number of non-ortho nitro benzene ring substituents is 1.